The number of hydrogen-bond donors (Lipinski definition) is 1. The summed E-state index contributed by atoms with van der Waals surface area (Å²) in [6.07, 6.45) is 0. The predicted molar refractivity (Wildman–Crippen MR) is 105 cm³/mol. The Balaban J connectivity index is 2.02. The van der Waals surface area contributed by atoms with Crippen molar-refractivity contribution in [3.8, 4) is 11.5 Å². The highest BCUT2D eigenvalue weighted by atomic mass is 32.2. The van der Waals surface area contributed by atoms with E-state index in [0.29, 0.717) is 23.8 Å². The van der Waals surface area contributed by atoms with E-state index < -0.39 is 35.1 Å². The van der Waals surface area contributed by atoms with Crippen LogP contribution in [0.2, 0.25) is 0 Å². The van der Waals surface area contributed by atoms with Gasteiger partial charge >= 0.3 is 5.97 Å². The zero-order chi connectivity index (χ0) is 21.4. The second-order valence-electron chi connectivity index (χ2n) is 5.79. The number of nitrogens with zero attached hydrogens (tertiary/aromatic N) is 1. The molecule has 0 spiro atoms. The maximum absolute atomic E-state index is 12.8. The van der Waals surface area contributed by atoms with Crippen molar-refractivity contribution in [3.63, 3.8) is 0 Å². The highest BCUT2D eigenvalue weighted by molar-refractivity contribution is 7.92. The molecule has 0 bridgehead atoms. The molecule has 156 valence electrons. The molecule has 0 saturated heterocycles. The molecule has 0 saturated carbocycles. The maximum atomic E-state index is 12.8. The number of primary amides is 1. The van der Waals surface area contributed by atoms with Crippen LogP contribution in [0.15, 0.2) is 53.4 Å². The standard InChI is InChI=1S/C19H22N2O7S/c1-3-26-15-8-10-17(11-9-15)29(24,25)21(2)14-4-6-16(7-5-14)27-13-19(23)28-12-18(20)22/h4-11H,3,12-13H2,1-2H3,(H2,20,22). The fraction of sp³-hybridized carbons (Fsp3) is 0.263. The van der Waals surface area contributed by atoms with E-state index in [9.17, 15) is 18.0 Å². The summed E-state index contributed by atoms with van der Waals surface area (Å²) in [6.45, 7) is 1.40. The monoisotopic (exact) mass is 422 g/mol. The second kappa shape index (κ2) is 9.78. The third-order valence-corrected chi connectivity index (χ3v) is 5.53. The molecule has 0 atom stereocenters. The van der Waals surface area contributed by atoms with Crippen LogP contribution in [0.4, 0.5) is 5.69 Å². The van der Waals surface area contributed by atoms with Crippen LogP contribution in [0.5, 0.6) is 11.5 Å². The number of amides is 1. The molecule has 0 radical (unpaired) electrons. The van der Waals surface area contributed by atoms with E-state index in [-0.39, 0.29) is 4.90 Å². The zero-order valence-electron chi connectivity index (χ0n) is 16.0. The van der Waals surface area contributed by atoms with Gasteiger partial charge in [-0.05, 0) is 55.5 Å². The minimum Gasteiger partial charge on any atom is -0.494 e. The van der Waals surface area contributed by atoms with Crippen molar-refractivity contribution in [1.82, 2.24) is 0 Å². The molecule has 9 nitrogen and oxygen atoms in total. The van der Waals surface area contributed by atoms with Gasteiger partial charge in [-0.3, -0.25) is 9.10 Å². The van der Waals surface area contributed by atoms with Crippen LogP contribution < -0.4 is 19.5 Å². The number of hydrogen-bond acceptors (Lipinski definition) is 7. The minimum absolute atomic E-state index is 0.126. The fourth-order valence-electron chi connectivity index (χ4n) is 2.26. The molecule has 2 N–H and O–H groups in total. The summed E-state index contributed by atoms with van der Waals surface area (Å²) in [4.78, 5) is 22.1. The number of sulfonamides is 1. The number of benzene rings is 2. The van der Waals surface area contributed by atoms with Gasteiger partial charge in [-0.25, -0.2) is 13.2 Å². The summed E-state index contributed by atoms with van der Waals surface area (Å²) in [6, 6.07) is 12.3. The van der Waals surface area contributed by atoms with E-state index in [2.05, 4.69) is 4.74 Å². The molecule has 0 aliphatic carbocycles. The van der Waals surface area contributed by atoms with E-state index in [1.807, 2.05) is 6.92 Å². The van der Waals surface area contributed by atoms with Crippen molar-refractivity contribution < 1.29 is 32.2 Å². The Morgan fingerprint density at radius 1 is 0.931 bits per heavy atom. The van der Waals surface area contributed by atoms with Crippen LogP contribution >= 0.6 is 0 Å². The van der Waals surface area contributed by atoms with E-state index in [0.717, 1.165) is 4.31 Å². The molecule has 0 aromatic heterocycles. The van der Waals surface area contributed by atoms with Crippen LogP contribution in [0, 0.1) is 0 Å². The van der Waals surface area contributed by atoms with E-state index in [1.165, 1.54) is 43.4 Å². The summed E-state index contributed by atoms with van der Waals surface area (Å²) in [5.41, 5.74) is 5.28. The van der Waals surface area contributed by atoms with E-state index in [4.69, 9.17) is 15.2 Å². The first-order chi connectivity index (χ1) is 13.7. The van der Waals surface area contributed by atoms with Gasteiger partial charge in [0, 0.05) is 7.05 Å². The smallest absolute Gasteiger partial charge is 0.344 e. The lowest BCUT2D eigenvalue weighted by Gasteiger charge is -2.20. The number of anilines is 1. The van der Waals surface area contributed by atoms with Crippen molar-refractivity contribution in [2.24, 2.45) is 5.73 Å². The summed E-state index contributed by atoms with van der Waals surface area (Å²) < 4.78 is 41.8. The lowest BCUT2D eigenvalue weighted by atomic mass is 10.3. The number of carbonyl (C=O) groups excluding carboxylic acids is 2. The summed E-state index contributed by atoms with van der Waals surface area (Å²) in [7, 11) is -2.33. The van der Waals surface area contributed by atoms with Gasteiger partial charge in [0.2, 0.25) is 0 Å². The van der Waals surface area contributed by atoms with Gasteiger partial charge in [0.25, 0.3) is 15.9 Å². The summed E-state index contributed by atoms with van der Waals surface area (Å²) >= 11 is 0. The van der Waals surface area contributed by atoms with Gasteiger partial charge in [-0.1, -0.05) is 0 Å². The van der Waals surface area contributed by atoms with Crippen molar-refractivity contribution >= 4 is 27.6 Å². The molecule has 2 aromatic carbocycles. The Labute approximate surface area is 169 Å². The first kappa shape index (κ1) is 22.0. The van der Waals surface area contributed by atoms with Gasteiger partial charge in [-0.2, -0.15) is 0 Å². The minimum atomic E-state index is -3.76. The third-order valence-electron chi connectivity index (χ3n) is 3.73. The first-order valence-corrected chi connectivity index (χ1v) is 10.1. The molecule has 1 amide bonds. The van der Waals surface area contributed by atoms with Crippen molar-refractivity contribution in [3.05, 3.63) is 48.5 Å². The van der Waals surface area contributed by atoms with Crippen LogP contribution in [-0.4, -0.2) is 47.2 Å². The van der Waals surface area contributed by atoms with Crippen molar-refractivity contribution in [2.75, 3.05) is 31.2 Å². The summed E-state index contributed by atoms with van der Waals surface area (Å²) in [5, 5.41) is 0. The average Bonchev–Trinajstić information content (AvgIpc) is 2.71. The Hall–Kier alpha value is -3.27. The van der Waals surface area contributed by atoms with Gasteiger partial charge < -0.3 is 19.9 Å². The lowest BCUT2D eigenvalue weighted by Crippen LogP contribution is -2.26. The average molecular weight is 422 g/mol. The van der Waals surface area contributed by atoms with E-state index >= 15 is 0 Å². The van der Waals surface area contributed by atoms with Crippen LogP contribution in [0.25, 0.3) is 0 Å². The van der Waals surface area contributed by atoms with Crippen LogP contribution in [0.3, 0.4) is 0 Å². The Morgan fingerprint density at radius 3 is 2.03 bits per heavy atom. The second-order valence-corrected chi connectivity index (χ2v) is 7.76. The number of ether oxygens (including phenoxy) is 3. The molecular formula is C19H22N2O7S. The number of esters is 1. The predicted octanol–water partition coefficient (Wildman–Crippen LogP) is 1.32. The van der Waals surface area contributed by atoms with Crippen molar-refractivity contribution in [1.29, 1.82) is 0 Å². The molecule has 0 aliphatic rings. The lowest BCUT2D eigenvalue weighted by molar-refractivity contribution is -0.149. The maximum Gasteiger partial charge on any atom is 0.344 e. The van der Waals surface area contributed by atoms with Gasteiger partial charge in [0.05, 0.1) is 17.2 Å². The molecule has 0 fully saturated rings. The quantitative estimate of drug-likeness (QED) is 0.572. The number of rotatable bonds is 10. The van der Waals surface area contributed by atoms with E-state index in [1.54, 1.807) is 12.1 Å². The Bertz CT molecular complexity index is 942. The van der Waals surface area contributed by atoms with Gasteiger partial charge in [0.15, 0.2) is 13.2 Å². The largest absolute Gasteiger partial charge is 0.494 e. The zero-order valence-corrected chi connectivity index (χ0v) is 16.8. The molecule has 29 heavy (non-hydrogen) atoms. The molecule has 10 heteroatoms. The molecule has 0 unspecified atom stereocenters. The number of carbonyl (C=O) groups is 2. The van der Waals surface area contributed by atoms with Crippen molar-refractivity contribution in [2.45, 2.75) is 11.8 Å². The SMILES string of the molecule is CCOc1ccc(S(=O)(=O)N(C)c2ccc(OCC(=O)OCC(N)=O)cc2)cc1. The van der Waals surface area contributed by atoms with Gasteiger partial charge in [0.1, 0.15) is 11.5 Å². The molecular weight excluding hydrogens is 400 g/mol. The van der Waals surface area contributed by atoms with Crippen LogP contribution in [-0.2, 0) is 24.3 Å². The number of nitrogens with two attached hydrogens (primary N) is 1. The molecule has 0 heterocycles. The normalized spacial score (nSPS) is 10.8. The Kier molecular flexibility index (Phi) is 7.43. The third kappa shape index (κ3) is 6.11. The molecule has 0 aliphatic heterocycles. The van der Waals surface area contributed by atoms with Gasteiger partial charge in [-0.15, -0.1) is 0 Å². The Morgan fingerprint density at radius 2 is 1.48 bits per heavy atom. The molecule has 2 rings (SSSR count). The first-order valence-electron chi connectivity index (χ1n) is 8.62. The fourth-order valence-corrected chi connectivity index (χ4v) is 3.45. The highest BCUT2D eigenvalue weighted by Crippen LogP contribution is 2.25. The highest BCUT2D eigenvalue weighted by Gasteiger charge is 2.21. The summed E-state index contributed by atoms with van der Waals surface area (Å²) in [5.74, 6) is -0.593. The topological polar surface area (TPSA) is 125 Å². The van der Waals surface area contributed by atoms with Crippen LogP contribution in [0.1, 0.15) is 6.92 Å². The molecule has 2 aromatic rings.